The van der Waals surface area contributed by atoms with E-state index < -0.39 is 18.0 Å². The molecule has 0 aliphatic carbocycles. The molecule has 8 nitrogen and oxygen atoms in total. The van der Waals surface area contributed by atoms with Crippen molar-refractivity contribution in [3.63, 3.8) is 0 Å². The lowest BCUT2D eigenvalue weighted by atomic mass is 10.1. The number of anilines is 1. The lowest BCUT2D eigenvalue weighted by molar-refractivity contribution is -0.119. The molecule has 30 heavy (non-hydrogen) atoms. The van der Waals surface area contributed by atoms with E-state index >= 15 is 0 Å². The monoisotopic (exact) mass is 409 g/mol. The van der Waals surface area contributed by atoms with E-state index in [0.29, 0.717) is 23.4 Å². The highest BCUT2D eigenvalue weighted by molar-refractivity contribution is 5.90. The zero-order chi connectivity index (χ0) is 21.1. The quantitative estimate of drug-likeness (QED) is 0.676. The number of hydrogen-bond acceptors (Lipinski definition) is 5. The smallest absolute Gasteiger partial charge is 0.414 e. The van der Waals surface area contributed by atoms with Crippen LogP contribution >= 0.6 is 0 Å². The number of cyclic esters (lactones) is 1. The van der Waals surface area contributed by atoms with Gasteiger partial charge in [-0.2, -0.15) is 0 Å². The standard InChI is InChI=1S/C21H20FN5O3/c1-14(28)24-10-18-12-27(21(29)30-18)17-4-5-19(20(22)8-17)15-2-3-16(25-9-15)11-26-7-6-23-13-26/h2-9,13,18H,10-12H2,1H3,(H,24,28)/t18-/m0/s1. The molecule has 4 rings (SSSR count). The van der Waals surface area contributed by atoms with Gasteiger partial charge in [-0.05, 0) is 24.3 Å². The molecule has 0 unspecified atom stereocenters. The second-order valence-electron chi connectivity index (χ2n) is 6.99. The Balaban J connectivity index is 1.47. The topological polar surface area (TPSA) is 89.4 Å². The van der Waals surface area contributed by atoms with Crippen molar-refractivity contribution in [3.8, 4) is 11.1 Å². The summed E-state index contributed by atoms with van der Waals surface area (Å²) >= 11 is 0. The lowest BCUT2D eigenvalue weighted by Crippen LogP contribution is -2.33. The van der Waals surface area contributed by atoms with E-state index in [0.717, 1.165) is 5.69 Å². The average molecular weight is 409 g/mol. The molecule has 0 spiro atoms. The van der Waals surface area contributed by atoms with Crippen molar-refractivity contribution in [1.82, 2.24) is 19.9 Å². The maximum absolute atomic E-state index is 14.8. The van der Waals surface area contributed by atoms with Crippen molar-refractivity contribution < 1.29 is 18.7 Å². The summed E-state index contributed by atoms with van der Waals surface area (Å²) in [7, 11) is 0. The van der Waals surface area contributed by atoms with Crippen LogP contribution in [0.4, 0.5) is 14.9 Å². The molecule has 0 radical (unpaired) electrons. The van der Waals surface area contributed by atoms with Gasteiger partial charge in [0.1, 0.15) is 11.9 Å². The van der Waals surface area contributed by atoms with Crippen LogP contribution in [-0.4, -0.2) is 45.7 Å². The second kappa shape index (κ2) is 8.32. The van der Waals surface area contributed by atoms with Gasteiger partial charge in [0.15, 0.2) is 0 Å². The maximum Gasteiger partial charge on any atom is 0.414 e. The minimum Gasteiger partial charge on any atom is -0.442 e. The van der Waals surface area contributed by atoms with Gasteiger partial charge in [-0.25, -0.2) is 14.2 Å². The summed E-state index contributed by atoms with van der Waals surface area (Å²) in [5.41, 5.74) is 2.26. The molecule has 1 aromatic carbocycles. The summed E-state index contributed by atoms with van der Waals surface area (Å²) in [4.78, 5) is 32.9. The average Bonchev–Trinajstić information content (AvgIpc) is 3.36. The van der Waals surface area contributed by atoms with Crippen LogP contribution in [0.3, 0.4) is 0 Å². The molecule has 3 aromatic rings. The van der Waals surface area contributed by atoms with Crippen molar-refractivity contribution in [2.45, 2.75) is 19.6 Å². The first-order chi connectivity index (χ1) is 14.5. The predicted octanol–water partition coefficient (Wildman–Crippen LogP) is 2.59. The number of rotatable bonds is 6. The summed E-state index contributed by atoms with van der Waals surface area (Å²) in [5.74, 6) is -0.667. The van der Waals surface area contributed by atoms with Crippen molar-refractivity contribution in [3.05, 3.63) is 66.8 Å². The Morgan fingerprint density at radius 2 is 2.20 bits per heavy atom. The van der Waals surface area contributed by atoms with E-state index in [4.69, 9.17) is 4.74 Å². The molecule has 1 saturated heterocycles. The number of halogens is 1. The van der Waals surface area contributed by atoms with Crippen molar-refractivity contribution in [2.24, 2.45) is 0 Å². The van der Waals surface area contributed by atoms with Crippen molar-refractivity contribution in [1.29, 1.82) is 0 Å². The molecule has 1 fully saturated rings. The molecule has 1 aliphatic rings. The van der Waals surface area contributed by atoms with E-state index in [9.17, 15) is 14.0 Å². The number of carbonyl (C=O) groups excluding carboxylic acids is 2. The van der Waals surface area contributed by atoms with Gasteiger partial charge < -0.3 is 14.6 Å². The van der Waals surface area contributed by atoms with Gasteiger partial charge in [-0.1, -0.05) is 6.07 Å². The van der Waals surface area contributed by atoms with E-state index in [1.807, 2.05) is 22.9 Å². The number of benzene rings is 1. The fourth-order valence-electron chi connectivity index (χ4n) is 3.25. The van der Waals surface area contributed by atoms with Crippen LogP contribution in [0, 0.1) is 5.82 Å². The number of aromatic nitrogens is 3. The fourth-order valence-corrected chi connectivity index (χ4v) is 3.25. The van der Waals surface area contributed by atoms with Gasteiger partial charge in [-0.3, -0.25) is 14.7 Å². The third-order valence-electron chi connectivity index (χ3n) is 4.76. The molecule has 154 valence electrons. The van der Waals surface area contributed by atoms with Gasteiger partial charge in [0, 0.05) is 36.6 Å². The summed E-state index contributed by atoms with van der Waals surface area (Å²) < 4.78 is 21.9. The fraction of sp³-hybridized carbons (Fsp3) is 0.238. The first kappa shape index (κ1) is 19.6. The second-order valence-corrected chi connectivity index (χ2v) is 6.99. The lowest BCUT2D eigenvalue weighted by Gasteiger charge is -2.14. The number of ether oxygens (including phenoxy) is 1. The first-order valence-corrected chi connectivity index (χ1v) is 9.43. The van der Waals surface area contributed by atoms with Crippen LogP contribution in [0.15, 0.2) is 55.2 Å². The normalized spacial score (nSPS) is 15.9. The molecule has 2 aromatic heterocycles. The summed E-state index contributed by atoms with van der Waals surface area (Å²) in [6, 6.07) is 8.24. The molecular formula is C21H20FN5O3. The summed E-state index contributed by atoms with van der Waals surface area (Å²) in [5, 5.41) is 2.61. The minimum absolute atomic E-state index is 0.204. The first-order valence-electron chi connectivity index (χ1n) is 9.43. The number of carbonyl (C=O) groups is 2. The van der Waals surface area contributed by atoms with Crippen LogP contribution in [0.5, 0.6) is 0 Å². The van der Waals surface area contributed by atoms with E-state index in [2.05, 4.69) is 15.3 Å². The number of hydrogen-bond donors (Lipinski definition) is 1. The highest BCUT2D eigenvalue weighted by atomic mass is 19.1. The van der Waals surface area contributed by atoms with Gasteiger partial charge in [0.05, 0.1) is 37.3 Å². The zero-order valence-electron chi connectivity index (χ0n) is 16.3. The maximum atomic E-state index is 14.8. The Morgan fingerprint density at radius 3 is 2.87 bits per heavy atom. The molecule has 1 atom stereocenters. The Bertz CT molecular complexity index is 1050. The molecule has 3 heterocycles. The van der Waals surface area contributed by atoms with E-state index in [-0.39, 0.29) is 19.0 Å². The predicted molar refractivity (Wildman–Crippen MR) is 107 cm³/mol. The Labute approximate surface area is 172 Å². The molecular weight excluding hydrogens is 389 g/mol. The number of imidazole rings is 1. The van der Waals surface area contributed by atoms with Crippen LogP contribution in [0.2, 0.25) is 0 Å². The Morgan fingerprint density at radius 1 is 1.33 bits per heavy atom. The number of pyridine rings is 1. The Hall–Kier alpha value is -3.75. The highest BCUT2D eigenvalue weighted by Crippen LogP contribution is 2.29. The highest BCUT2D eigenvalue weighted by Gasteiger charge is 2.32. The molecule has 0 saturated carbocycles. The molecule has 0 bridgehead atoms. The molecule has 9 heteroatoms. The number of nitrogens with one attached hydrogen (secondary N) is 1. The summed E-state index contributed by atoms with van der Waals surface area (Å²) in [6.45, 7) is 2.43. The molecule has 1 aliphatic heterocycles. The van der Waals surface area contributed by atoms with E-state index in [1.54, 1.807) is 30.9 Å². The van der Waals surface area contributed by atoms with Gasteiger partial charge >= 0.3 is 6.09 Å². The zero-order valence-corrected chi connectivity index (χ0v) is 16.3. The molecule has 2 amide bonds. The molecule has 1 N–H and O–H groups in total. The number of nitrogens with zero attached hydrogens (tertiary/aromatic N) is 4. The van der Waals surface area contributed by atoms with Crippen LogP contribution in [0.1, 0.15) is 12.6 Å². The minimum atomic E-state index is -0.567. The van der Waals surface area contributed by atoms with Crippen molar-refractivity contribution in [2.75, 3.05) is 18.0 Å². The van der Waals surface area contributed by atoms with Crippen LogP contribution in [-0.2, 0) is 16.1 Å². The summed E-state index contributed by atoms with van der Waals surface area (Å²) in [6.07, 6.45) is 5.83. The van der Waals surface area contributed by atoms with Gasteiger partial charge in [-0.15, -0.1) is 0 Å². The third-order valence-corrected chi connectivity index (χ3v) is 4.76. The Kier molecular flexibility index (Phi) is 5.42. The van der Waals surface area contributed by atoms with Gasteiger partial charge in [0.25, 0.3) is 0 Å². The SMILES string of the molecule is CC(=O)NC[C@H]1CN(c2ccc(-c3ccc(Cn4ccnc4)nc3)c(F)c2)C(=O)O1. The van der Waals surface area contributed by atoms with E-state index in [1.165, 1.54) is 17.9 Å². The number of amides is 2. The van der Waals surface area contributed by atoms with Gasteiger partial charge in [0.2, 0.25) is 5.91 Å². The van der Waals surface area contributed by atoms with Crippen molar-refractivity contribution >= 4 is 17.7 Å². The largest absolute Gasteiger partial charge is 0.442 e. The third kappa shape index (κ3) is 4.29. The van der Waals surface area contributed by atoms with Crippen LogP contribution in [0.25, 0.3) is 11.1 Å². The van der Waals surface area contributed by atoms with Crippen LogP contribution < -0.4 is 10.2 Å².